The molecule has 7 heteroatoms. The van der Waals surface area contributed by atoms with Crippen molar-refractivity contribution in [2.75, 3.05) is 13.2 Å². The summed E-state index contributed by atoms with van der Waals surface area (Å²) in [5.41, 5.74) is 2.80. The predicted molar refractivity (Wildman–Crippen MR) is 112 cm³/mol. The number of hydrogen-bond donors (Lipinski definition) is 2. The molecule has 6 nitrogen and oxygen atoms in total. The first-order chi connectivity index (χ1) is 13.6. The first-order valence-electron chi connectivity index (χ1n) is 8.66. The van der Waals surface area contributed by atoms with Crippen molar-refractivity contribution >= 4 is 38.8 Å². The molecule has 0 heterocycles. The monoisotopic (exact) mass is 442 g/mol. The lowest BCUT2D eigenvalue weighted by Crippen LogP contribution is -2.24. The van der Waals surface area contributed by atoms with Crippen molar-refractivity contribution in [2.45, 2.75) is 6.92 Å². The number of halogens is 1. The van der Waals surface area contributed by atoms with E-state index in [9.17, 15) is 9.90 Å². The summed E-state index contributed by atoms with van der Waals surface area (Å²) in [6.07, 6.45) is 1.35. The Morgan fingerprint density at radius 1 is 1.14 bits per heavy atom. The van der Waals surface area contributed by atoms with Crippen LogP contribution < -0.4 is 14.9 Å². The second kappa shape index (κ2) is 9.23. The van der Waals surface area contributed by atoms with Crippen LogP contribution >= 0.6 is 15.9 Å². The number of nitrogens with zero attached hydrogens (tertiary/aromatic N) is 1. The van der Waals surface area contributed by atoms with Gasteiger partial charge in [-0.2, -0.15) is 5.10 Å². The minimum absolute atomic E-state index is 0.0462. The molecule has 3 aromatic carbocycles. The van der Waals surface area contributed by atoms with E-state index in [1.165, 1.54) is 6.21 Å². The number of carbonyl (C=O) groups excluding carboxylic acids is 1. The van der Waals surface area contributed by atoms with Gasteiger partial charge in [-0.1, -0.05) is 52.3 Å². The number of fused-ring (bicyclic) bond motifs is 1. The molecule has 0 fully saturated rings. The second-order valence-corrected chi connectivity index (χ2v) is 6.75. The Kier molecular flexibility index (Phi) is 6.49. The number of aromatic hydroxyl groups is 1. The number of rotatable bonds is 7. The van der Waals surface area contributed by atoms with E-state index >= 15 is 0 Å². The van der Waals surface area contributed by atoms with Gasteiger partial charge >= 0.3 is 0 Å². The van der Waals surface area contributed by atoms with Crippen molar-refractivity contribution in [3.05, 3.63) is 64.6 Å². The predicted octanol–water partition coefficient (Wildman–Crippen LogP) is 4.24. The Balaban J connectivity index is 1.61. The molecule has 0 bridgehead atoms. The number of nitrogens with one attached hydrogen (secondary N) is 1. The van der Waals surface area contributed by atoms with Gasteiger partial charge in [-0.25, -0.2) is 5.43 Å². The van der Waals surface area contributed by atoms with Crippen LogP contribution in [0.15, 0.2) is 64.2 Å². The van der Waals surface area contributed by atoms with Crippen molar-refractivity contribution < 1.29 is 19.4 Å². The van der Waals surface area contributed by atoms with Crippen molar-refractivity contribution in [1.82, 2.24) is 5.43 Å². The number of amides is 1. The smallest absolute Gasteiger partial charge is 0.277 e. The van der Waals surface area contributed by atoms with Crippen LogP contribution in [-0.4, -0.2) is 30.4 Å². The van der Waals surface area contributed by atoms with E-state index in [1.807, 2.05) is 49.4 Å². The highest BCUT2D eigenvalue weighted by molar-refractivity contribution is 9.10. The maximum absolute atomic E-state index is 12.0. The summed E-state index contributed by atoms with van der Waals surface area (Å²) in [6, 6.07) is 16.8. The van der Waals surface area contributed by atoms with Crippen LogP contribution in [0.1, 0.15) is 12.5 Å². The van der Waals surface area contributed by atoms with Gasteiger partial charge in [0.05, 0.1) is 12.8 Å². The molecule has 3 rings (SSSR count). The fourth-order valence-corrected chi connectivity index (χ4v) is 3.08. The van der Waals surface area contributed by atoms with Gasteiger partial charge in [0.1, 0.15) is 5.75 Å². The van der Waals surface area contributed by atoms with Crippen LogP contribution in [0.4, 0.5) is 0 Å². The molecule has 0 atom stereocenters. The Hall–Kier alpha value is -3.06. The molecule has 3 aromatic rings. The van der Waals surface area contributed by atoms with E-state index in [2.05, 4.69) is 26.5 Å². The standard InChI is InChI=1S/C21H19BrN2O4/c1-2-27-19-11-16(22)10-15(21(19)26)12-23-24-20(25)13-28-18-9-5-7-14-6-3-4-8-17(14)18/h3-12,26H,2,13H2,1H3,(H,24,25)/b23-12+. The summed E-state index contributed by atoms with van der Waals surface area (Å²) in [4.78, 5) is 12.0. The average molecular weight is 443 g/mol. The molecule has 0 aliphatic heterocycles. The zero-order valence-corrected chi connectivity index (χ0v) is 16.8. The molecule has 0 saturated carbocycles. The first-order valence-corrected chi connectivity index (χ1v) is 9.45. The van der Waals surface area contributed by atoms with Crippen molar-refractivity contribution in [3.63, 3.8) is 0 Å². The number of hydrazone groups is 1. The van der Waals surface area contributed by atoms with Gasteiger partial charge in [0.25, 0.3) is 5.91 Å². The Labute approximate surface area is 170 Å². The molecular weight excluding hydrogens is 424 g/mol. The third-order valence-electron chi connectivity index (χ3n) is 3.87. The summed E-state index contributed by atoms with van der Waals surface area (Å²) < 4.78 is 11.7. The largest absolute Gasteiger partial charge is 0.504 e. The quantitative estimate of drug-likeness (QED) is 0.423. The minimum Gasteiger partial charge on any atom is -0.504 e. The molecule has 28 heavy (non-hydrogen) atoms. The van der Waals surface area contributed by atoms with Gasteiger partial charge in [0.2, 0.25) is 0 Å². The highest BCUT2D eigenvalue weighted by Crippen LogP contribution is 2.32. The number of phenols is 1. The van der Waals surface area contributed by atoms with Gasteiger partial charge in [0, 0.05) is 15.4 Å². The Morgan fingerprint density at radius 2 is 1.93 bits per heavy atom. The molecule has 144 valence electrons. The lowest BCUT2D eigenvalue weighted by molar-refractivity contribution is -0.123. The van der Waals surface area contributed by atoms with Crippen molar-refractivity contribution in [2.24, 2.45) is 5.10 Å². The molecule has 2 N–H and O–H groups in total. The maximum Gasteiger partial charge on any atom is 0.277 e. The first kappa shape index (κ1) is 19.7. The maximum atomic E-state index is 12.0. The van der Waals surface area contributed by atoms with Gasteiger partial charge in [-0.3, -0.25) is 4.79 Å². The van der Waals surface area contributed by atoms with Crippen molar-refractivity contribution in [3.8, 4) is 17.2 Å². The molecule has 0 saturated heterocycles. The lowest BCUT2D eigenvalue weighted by Gasteiger charge is -2.09. The van der Waals surface area contributed by atoms with Crippen LogP contribution in [0.3, 0.4) is 0 Å². The molecule has 0 unspecified atom stereocenters. The van der Waals surface area contributed by atoms with Gasteiger partial charge in [-0.15, -0.1) is 0 Å². The summed E-state index contributed by atoms with van der Waals surface area (Å²) in [7, 11) is 0. The highest BCUT2D eigenvalue weighted by Gasteiger charge is 2.09. The number of phenolic OH excluding ortho intramolecular Hbond substituents is 1. The summed E-state index contributed by atoms with van der Waals surface area (Å²) in [5.74, 6) is 0.505. The van der Waals surface area contributed by atoms with E-state index in [-0.39, 0.29) is 12.4 Å². The average Bonchev–Trinajstić information content (AvgIpc) is 2.70. The Morgan fingerprint density at radius 3 is 2.75 bits per heavy atom. The van der Waals surface area contributed by atoms with Crippen LogP contribution in [0, 0.1) is 0 Å². The van der Waals surface area contributed by atoms with Crippen LogP contribution in [0.5, 0.6) is 17.2 Å². The van der Waals surface area contributed by atoms with E-state index in [4.69, 9.17) is 9.47 Å². The molecule has 1 amide bonds. The Bertz CT molecular complexity index is 1020. The molecule has 0 aliphatic carbocycles. The zero-order chi connectivity index (χ0) is 19.9. The molecular formula is C21H19BrN2O4. The number of benzene rings is 3. The van der Waals surface area contributed by atoms with Gasteiger partial charge in [-0.05, 0) is 30.5 Å². The van der Waals surface area contributed by atoms with Crippen LogP contribution in [-0.2, 0) is 4.79 Å². The molecule has 0 aromatic heterocycles. The zero-order valence-electron chi connectivity index (χ0n) is 15.2. The number of hydrogen-bond acceptors (Lipinski definition) is 5. The normalized spacial score (nSPS) is 10.9. The third-order valence-corrected chi connectivity index (χ3v) is 4.33. The van der Waals surface area contributed by atoms with Gasteiger partial charge < -0.3 is 14.6 Å². The highest BCUT2D eigenvalue weighted by atomic mass is 79.9. The fraction of sp³-hybridized carbons (Fsp3) is 0.143. The molecule has 0 spiro atoms. The second-order valence-electron chi connectivity index (χ2n) is 5.83. The summed E-state index contributed by atoms with van der Waals surface area (Å²) in [6.45, 7) is 2.06. The summed E-state index contributed by atoms with van der Waals surface area (Å²) in [5, 5.41) is 16.0. The third kappa shape index (κ3) is 4.80. The number of ether oxygens (including phenoxy) is 2. The van der Waals surface area contributed by atoms with E-state index in [0.717, 1.165) is 15.2 Å². The minimum atomic E-state index is -0.413. The van der Waals surface area contributed by atoms with E-state index < -0.39 is 5.91 Å². The van der Waals surface area contributed by atoms with Crippen LogP contribution in [0.2, 0.25) is 0 Å². The van der Waals surface area contributed by atoms with E-state index in [1.54, 1.807) is 12.1 Å². The number of carbonyl (C=O) groups is 1. The summed E-state index contributed by atoms with van der Waals surface area (Å²) >= 11 is 3.35. The SMILES string of the molecule is CCOc1cc(Br)cc(/C=N/NC(=O)COc2cccc3ccccc23)c1O. The molecule has 0 aliphatic rings. The van der Waals surface area contributed by atoms with Gasteiger partial charge in [0.15, 0.2) is 18.1 Å². The van der Waals surface area contributed by atoms with Crippen molar-refractivity contribution in [1.29, 1.82) is 0 Å². The molecule has 0 radical (unpaired) electrons. The van der Waals surface area contributed by atoms with Crippen LogP contribution in [0.25, 0.3) is 10.8 Å². The fourth-order valence-electron chi connectivity index (χ4n) is 2.63. The van der Waals surface area contributed by atoms with E-state index in [0.29, 0.717) is 23.7 Å². The topological polar surface area (TPSA) is 80.2 Å². The lowest BCUT2D eigenvalue weighted by atomic mass is 10.1.